The molecule has 0 unspecified atom stereocenters. The van der Waals surface area contributed by atoms with Crippen molar-refractivity contribution in [3.05, 3.63) is 35.8 Å². The number of urea groups is 1. The molecule has 2 N–H and O–H groups in total. The zero-order chi connectivity index (χ0) is 17.6. The summed E-state index contributed by atoms with van der Waals surface area (Å²) in [5, 5.41) is 14.9. The standard InChI is InChI=1S/C18H25N3O2S/c1-18(2,3)13-21(10-4-11-22)17(23)20-15-7-5-14(6-8-15)16-19-9-12-24-16/h5-9,12,22H,4,10-11,13H2,1-3H3,(H,20,23). The van der Waals surface area contributed by atoms with E-state index in [-0.39, 0.29) is 18.1 Å². The lowest BCUT2D eigenvalue weighted by atomic mass is 9.96. The first-order valence-corrected chi connectivity index (χ1v) is 8.94. The molecule has 0 aliphatic heterocycles. The predicted octanol–water partition coefficient (Wildman–Crippen LogP) is 4.07. The van der Waals surface area contributed by atoms with E-state index in [0.717, 1.165) is 16.3 Å². The second kappa shape index (κ2) is 8.26. The number of aromatic nitrogens is 1. The quantitative estimate of drug-likeness (QED) is 0.828. The Hall–Kier alpha value is -1.92. The third-order valence-corrected chi connectivity index (χ3v) is 4.18. The molecule has 0 radical (unpaired) electrons. The largest absolute Gasteiger partial charge is 0.396 e. The first kappa shape index (κ1) is 18.4. The Bertz CT molecular complexity index is 633. The summed E-state index contributed by atoms with van der Waals surface area (Å²) in [4.78, 5) is 18.6. The van der Waals surface area contributed by atoms with Crippen LogP contribution >= 0.6 is 11.3 Å². The van der Waals surface area contributed by atoms with Crippen molar-refractivity contribution >= 4 is 23.1 Å². The van der Waals surface area contributed by atoms with Crippen LogP contribution in [0.25, 0.3) is 10.6 Å². The minimum Gasteiger partial charge on any atom is -0.396 e. The van der Waals surface area contributed by atoms with E-state index < -0.39 is 0 Å². The van der Waals surface area contributed by atoms with Crippen LogP contribution in [0.2, 0.25) is 0 Å². The van der Waals surface area contributed by atoms with Gasteiger partial charge in [-0.15, -0.1) is 11.3 Å². The van der Waals surface area contributed by atoms with Crippen LogP contribution in [0.15, 0.2) is 35.8 Å². The molecule has 6 heteroatoms. The maximum atomic E-state index is 12.5. The fourth-order valence-corrected chi connectivity index (χ4v) is 3.00. The highest BCUT2D eigenvalue weighted by atomic mass is 32.1. The summed E-state index contributed by atoms with van der Waals surface area (Å²) in [6.45, 7) is 7.53. The maximum Gasteiger partial charge on any atom is 0.321 e. The molecule has 0 aliphatic rings. The Labute approximate surface area is 147 Å². The third-order valence-electron chi connectivity index (χ3n) is 3.35. The van der Waals surface area contributed by atoms with Crippen molar-refractivity contribution in [1.82, 2.24) is 9.88 Å². The summed E-state index contributed by atoms with van der Waals surface area (Å²) in [5.41, 5.74) is 1.79. The number of nitrogens with one attached hydrogen (secondary N) is 1. The Kier molecular flexibility index (Phi) is 6.34. The number of carbonyl (C=O) groups excluding carboxylic acids is 1. The van der Waals surface area contributed by atoms with Crippen LogP contribution in [-0.4, -0.2) is 40.7 Å². The number of anilines is 1. The van der Waals surface area contributed by atoms with Gasteiger partial charge in [-0.1, -0.05) is 20.8 Å². The van der Waals surface area contributed by atoms with Gasteiger partial charge >= 0.3 is 6.03 Å². The zero-order valence-electron chi connectivity index (χ0n) is 14.5. The van der Waals surface area contributed by atoms with Gasteiger partial charge in [0, 0.05) is 42.5 Å². The van der Waals surface area contributed by atoms with Gasteiger partial charge in [-0.05, 0) is 36.1 Å². The molecule has 2 rings (SSSR count). The number of aliphatic hydroxyl groups excluding tert-OH is 1. The molecule has 5 nitrogen and oxygen atoms in total. The van der Waals surface area contributed by atoms with Crippen molar-refractivity contribution in [2.45, 2.75) is 27.2 Å². The number of benzene rings is 1. The Morgan fingerprint density at radius 1 is 1.29 bits per heavy atom. The number of aliphatic hydroxyl groups is 1. The smallest absolute Gasteiger partial charge is 0.321 e. The van der Waals surface area contributed by atoms with Crippen LogP contribution < -0.4 is 5.32 Å². The molecule has 130 valence electrons. The molecule has 24 heavy (non-hydrogen) atoms. The van der Waals surface area contributed by atoms with E-state index in [0.29, 0.717) is 19.5 Å². The molecular weight excluding hydrogens is 322 g/mol. The Balaban J connectivity index is 2.02. The monoisotopic (exact) mass is 347 g/mol. The zero-order valence-corrected chi connectivity index (χ0v) is 15.3. The average molecular weight is 347 g/mol. The number of rotatable bonds is 6. The predicted molar refractivity (Wildman–Crippen MR) is 99.3 cm³/mol. The highest BCUT2D eigenvalue weighted by Crippen LogP contribution is 2.23. The average Bonchev–Trinajstić information content (AvgIpc) is 3.05. The summed E-state index contributed by atoms with van der Waals surface area (Å²) in [6.07, 6.45) is 2.35. The van der Waals surface area contributed by atoms with E-state index in [9.17, 15) is 4.79 Å². The molecule has 0 saturated heterocycles. The highest BCUT2D eigenvalue weighted by molar-refractivity contribution is 7.13. The van der Waals surface area contributed by atoms with Crippen molar-refractivity contribution in [3.63, 3.8) is 0 Å². The van der Waals surface area contributed by atoms with E-state index in [4.69, 9.17) is 5.11 Å². The minimum absolute atomic E-state index is 0.00148. The molecule has 0 bridgehead atoms. The summed E-state index contributed by atoms with van der Waals surface area (Å²) in [6, 6.07) is 7.54. The van der Waals surface area contributed by atoms with E-state index in [1.54, 1.807) is 22.4 Å². The second-order valence-corrected chi connectivity index (χ2v) is 7.80. The number of carbonyl (C=O) groups is 1. The molecule has 0 saturated carbocycles. The summed E-state index contributed by atoms with van der Waals surface area (Å²) in [5.74, 6) is 0. The van der Waals surface area contributed by atoms with Crippen molar-refractivity contribution in [2.24, 2.45) is 5.41 Å². The van der Waals surface area contributed by atoms with E-state index in [1.165, 1.54) is 0 Å². The van der Waals surface area contributed by atoms with Crippen molar-refractivity contribution in [3.8, 4) is 10.6 Å². The van der Waals surface area contributed by atoms with Gasteiger partial charge in [-0.3, -0.25) is 0 Å². The molecule has 2 aromatic rings. The van der Waals surface area contributed by atoms with Crippen LogP contribution in [0.4, 0.5) is 10.5 Å². The molecule has 1 heterocycles. The molecule has 0 atom stereocenters. The number of hydrogen-bond donors (Lipinski definition) is 2. The van der Waals surface area contributed by atoms with Gasteiger partial charge in [-0.25, -0.2) is 9.78 Å². The van der Waals surface area contributed by atoms with Crippen LogP contribution in [-0.2, 0) is 0 Å². The number of nitrogens with zero attached hydrogens (tertiary/aromatic N) is 2. The van der Waals surface area contributed by atoms with Gasteiger partial charge in [0.25, 0.3) is 0 Å². The SMILES string of the molecule is CC(C)(C)CN(CCCO)C(=O)Nc1ccc(-c2nccs2)cc1. The second-order valence-electron chi connectivity index (χ2n) is 6.90. The minimum atomic E-state index is -0.139. The molecule has 1 aromatic carbocycles. The molecule has 2 amide bonds. The van der Waals surface area contributed by atoms with Gasteiger partial charge in [0.2, 0.25) is 0 Å². The molecule has 0 fully saturated rings. The maximum absolute atomic E-state index is 12.5. The lowest BCUT2D eigenvalue weighted by molar-refractivity contribution is 0.176. The summed E-state index contributed by atoms with van der Waals surface area (Å²) < 4.78 is 0. The normalized spacial score (nSPS) is 11.3. The van der Waals surface area contributed by atoms with E-state index in [2.05, 4.69) is 31.1 Å². The van der Waals surface area contributed by atoms with Gasteiger partial charge in [0.15, 0.2) is 0 Å². The topological polar surface area (TPSA) is 65.5 Å². The molecule has 0 spiro atoms. The fraction of sp³-hybridized carbons (Fsp3) is 0.444. The van der Waals surface area contributed by atoms with Crippen LogP contribution in [0, 0.1) is 5.41 Å². The number of thiazole rings is 1. The number of amides is 2. The van der Waals surface area contributed by atoms with Gasteiger partial charge in [0.05, 0.1) is 0 Å². The first-order valence-electron chi connectivity index (χ1n) is 8.06. The van der Waals surface area contributed by atoms with E-state index in [1.807, 2.05) is 29.6 Å². The summed E-state index contributed by atoms with van der Waals surface area (Å²) >= 11 is 1.59. The van der Waals surface area contributed by atoms with Crippen molar-refractivity contribution < 1.29 is 9.90 Å². The van der Waals surface area contributed by atoms with Gasteiger partial charge in [0.1, 0.15) is 5.01 Å². The number of hydrogen-bond acceptors (Lipinski definition) is 4. The van der Waals surface area contributed by atoms with Gasteiger partial charge < -0.3 is 15.3 Å². The first-order chi connectivity index (χ1) is 11.4. The van der Waals surface area contributed by atoms with Crippen molar-refractivity contribution in [2.75, 3.05) is 25.0 Å². The van der Waals surface area contributed by atoms with E-state index >= 15 is 0 Å². The van der Waals surface area contributed by atoms with Crippen LogP contribution in [0.3, 0.4) is 0 Å². The molecule has 1 aromatic heterocycles. The Morgan fingerprint density at radius 3 is 2.54 bits per heavy atom. The van der Waals surface area contributed by atoms with Crippen molar-refractivity contribution in [1.29, 1.82) is 0 Å². The lowest BCUT2D eigenvalue weighted by Gasteiger charge is -2.30. The van der Waals surface area contributed by atoms with Crippen LogP contribution in [0.5, 0.6) is 0 Å². The lowest BCUT2D eigenvalue weighted by Crippen LogP contribution is -2.41. The van der Waals surface area contributed by atoms with Crippen LogP contribution in [0.1, 0.15) is 27.2 Å². The highest BCUT2D eigenvalue weighted by Gasteiger charge is 2.20. The third kappa shape index (κ3) is 5.62. The molecular formula is C18H25N3O2S. The summed E-state index contributed by atoms with van der Waals surface area (Å²) in [7, 11) is 0. The molecule has 0 aliphatic carbocycles. The Morgan fingerprint density at radius 2 is 2.00 bits per heavy atom. The fourth-order valence-electron chi connectivity index (χ4n) is 2.35. The van der Waals surface area contributed by atoms with Gasteiger partial charge in [-0.2, -0.15) is 0 Å².